The van der Waals surface area contributed by atoms with Crippen LogP contribution < -0.4 is 5.32 Å². The molecule has 1 aromatic heterocycles. The van der Waals surface area contributed by atoms with Crippen molar-refractivity contribution >= 4 is 11.5 Å². The summed E-state index contributed by atoms with van der Waals surface area (Å²) in [5.74, 6) is 1.23. The van der Waals surface area contributed by atoms with E-state index in [9.17, 15) is 0 Å². The van der Waals surface area contributed by atoms with Crippen molar-refractivity contribution in [1.29, 1.82) is 5.26 Å². The number of nitriles is 1. The van der Waals surface area contributed by atoms with Gasteiger partial charge in [-0.1, -0.05) is 25.5 Å². The van der Waals surface area contributed by atoms with Gasteiger partial charge < -0.3 is 5.32 Å². The van der Waals surface area contributed by atoms with Gasteiger partial charge in [0.2, 0.25) is 0 Å². The number of aromatic nitrogens is 2. The van der Waals surface area contributed by atoms with Crippen LogP contribution in [-0.2, 0) is 6.42 Å². The van der Waals surface area contributed by atoms with Crippen molar-refractivity contribution in [2.24, 2.45) is 0 Å². The van der Waals surface area contributed by atoms with E-state index >= 15 is 0 Å². The van der Waals surface area contributed by atoms with Gasteiger partial charge in [0.15, 0.2) is 0 Å². The molecule has 0 fully saturated rings. The van der Waals surface area contributed by atoms with Crippen molar-refractivity contribution in [3.8, 4) is 6.07 Å². The van der Waals surface area contributed by atoms with E-state index < -0.39 is 0 Å². The first-order chi connectivity index (χ1) is 9.21. The van der Waals surface area contributed by atoms with Crippen LogP contribution in [0.2, 0.25) is 0 Å². The molecule has 2 rings (SSSR count). The maximum absolute atomic E-state index is 8.88. The zero-order valence-corrected chi connectivity index (χ0v) is 11.1. The van der Waals surface area contributed by atoms with Gasteiger partial charge in [-0.2, -0.15) is 5.26 Å². The first-order valence-electron chi connectivity index (χ1n) is 6.33. The molecule has 4 heteroatoms. The van der Waals surface area contributed by atoms with Crippen molar-refractivity contribution in [2.75, 3.05) is 5.32 Å². The molecule has 0 aliphatic carbocycles. The maximum atomic E-state index is 8.88. The minimum Gasteiger partial charge on any atom is -0.340 e. The second-order valence-electron chi connectivity index (χ2n) is 4.37. The Balaban J connectivity index is 2.17. The molecule has 0 spiro atoms. The first-order valence-corrected chi connectivity index (χ1v) is 6.33. The minimum atomic E-state index is 0.373. The third-order valence-electron chi connectivity index (χ3n) is 2.72. The molecule has 4 nitrogen and oxygen atoms in total. The van der Waals surface area contributed by atoms with Crippen LogP contribution >= 0.6 is 0 Å². The number of anilines is 2. The smallest absolute Gasteiger partial charge is 0.146 e. The normalized spacial score (nSPS) is 9.95. The van der Waals surface area contributed by atoms with Crippen molar-refractivity contribution in [3.05, 3.63) is 47.4 Å². The summed E-state index contributed by atoms with van der Waals surface area (Å²) in [6.45, 7) is 3.94. The van der Waals surface area contributed by atoms with E-state index in [0.29, 0.717) is 17.3 Å². The van der Waals surface area contributed by atoms with Crippen LogP contribution in [0.25, 0.3) is 0 Å². The topological polar surface area (TPSA) is 61.6 Å². The minimum absolute atomic E-state index is 0.373. The standard InChI is InChI=1S/C15H16N4/c1-3-4-12-5-7-13(8-6-12)19-15-9-14(10-16)17-11(2)18-15/h5-9H,3-4H2,1-2H3,(H,17,18,19). The first kappa shape index (κ1) is 13.0. The number of aryl methyl sites for hydroxylation is 2. The van der Waals surface area contributed by atoms with Crippen molar-refractivity contribution in [2.45, 2.75) is 26.7 Å². The Morgan fingerprint density at radius 1 is 1.21 bits per heavy atom. The molecule has 0 unspecified atom stereocenters. The molecule has 0 aliphatic rings. The zero-order valence-electron chi connectivity index (χ0n) is 11.1. The fraction of sp³-hybridized carbons (Fsp3) is 0.267. The highest BCUT2D eigenvalue weighted by molar-refractivity contribution is 5.57. The second kappa shape index (κ2) is 5.96. The van der Waals surface area contributed by atoms with Crippen molar-refractivity contribution in [1.82, 2.24) is 9.97 Å². The summed E-state index contributed by atoms with van der Waals surface area (Å²) >= 11 is 0. The highest BCUT2D eigenvalue weighted by Crippen LogP contribution is 2.16. The summed E-state index contributed by atoms with van der Waals surface area (Å²) in [5, 5.41) is 12.1. The van der Waals surface area contributed by atoms with Crippen LogP contribution in [0.1, 0.15) is 30.4 Å². The summed E-state index contributed by atoms with van der Waals surface area (Å²) < 4.78 is 0. The maximum Gasteiger partial charge on any atom is 0.146 e. The van der Waals surface area contributed by atoms with Crippen LogP contribution in [0, 0.1) is 18.3 Å². The Hall–Kier alpha value is -2.41. The fourth-order valence-electron chi connectivity index (χ4n) is 1.88. The molecule has 0 amide bonds. The van der Waals surface area contributed by atoms with E-state index in [1.807, 2.05) is 18.2 Å². The lowest BCUT2D eigenvalue weighted by Gasteiger charge is -2.07. The predicted octanol–water partition coefficient (Wildman–Crippen LogP) is 3.35. The van der Waals surface area contributed by atoms with E-state index in [2.05, 4.69) is 34.3 Å². The second-order valence-corrected chi connectivity index (χ2v) is 4.37. The summed E-state index contributed by atoms with van der Waals surface area (Å²) in [4.78, 5) is 8.28. The lowest BCUT2D eigenvalue weighted by molar-refractivity contribution is 0.922. The highest BCUT2D eigenvalue weighted by atomic mass is 15.0. The van der Waals surface area contributed by atoms with Gasteiger partial charge in [0.05, 0.1) is 0 Å². The number of rotatable bonds is 4. The van der Waals surface area contributed by atoms with Gasteiger partial charge in [0.25, 0.3) is 0 Å². The molecule has 2 aromatic rings. The van der Waals surface area contributed by atoms with Crippen LogP contribution in [-0.4, -0.2) is 9.97 Å². The molecule has 1 heterocycles. The SMILES string of the molecule is CCCc1ccc(Nc2cc(C#N)nc(C)n2)cc1. The van der Waals surface area contributed by atoms with Gasteiger partial charge in [-0.3, -0.25) is 0 Å². The lowest BCUT2D eigenvalue weighted by Crippen LogP contribution is -1.99. The Labute approximate surface area is 113 Å². The average molecular weight is 252 g/mol. The molecule has 1 aromatic carbocycles. The highest BCUT2D eigenvalue weighted by Gasteiger charge is 2.02. The molecule has 0 saturated carbocycles. The fourth-order valence-corrected chi connectivity index (χ4v) is 1.88. The Morgan fingerprint density at radius 3 is 2.58 bits per heavy atom. The molecule has 0 radical (unpaired) electrons. The van der Waals surface area contributed by atoms with Crippen molar-refractivity contribution < 1.29 is 0 Å². The van der Waals surface area contributed by atoms with E-state index in [-0.39, 0.29) is 0 Å². The Bertz CT molecular complexity index is 597. The van der Waals surface area contributed by atoms with Gasteiger partial charge in [0, 0.05) is 11.8 Å². The summed E-state index contributed by atoms with van der Waals surface area (Å²) in [7, 11) is 0. The predicted molar refractivity (Wildman–Crippen MR) is 75.2 cm³/mol. The number of hydrogen-bond donors (Lipinski definition) is 1. The number of benzene rings is 1. The molecule has 96 valence electrons. The lowest BCUT2D eigenvalue weighted by atomic mass is 10.1. The van der Waals surface area contributed by atoms with Crippen LogP contribution in [0.4, 0.5) is 11.5 Å². The Kier molecular flexibility index (Phi) is 4.09. The third kappa shape index (κ3) is 3.52. The third-order valence-corrected chi connectivity index (χ3v) is 2.72. The molecule has 1 N–H and O–H groups in total. The van der Waals surface area contributed by atoms with Crippen LogP contribution in [0.15, 0.2) is 30.3 Å². The van der Waals surface area contributed by atoms with Crippen LogP contribution in [0.3, 0.4) is 0 Å². The number of nitrogens with one attached hydrogen (secondary N) is 1. The van der Waals surface area contributed by atoms with Gasteiger partial charge in [0.1, 0.15) is 23.4 Å². The Morgan fingerprint density at radius 2 is 1.95 bits per heavy atom. The van der Waals surface area contributed by atoms with Crippen LogP contribution in [0.5, 0.6) is 0 Å². The van der Waals surface area contributed by atoms with E-state index in [1.165, 1.54) is 5.56 Å². The number of nitrogens with zero attached hydrogens (tertiary/aromatic N) is 3. The van der Waals surface area contributed by atoms with E-state index in [1.54, 1.807) is 13.0 Å². The molecular weight excluding hydrogens is 236 g/mol. The number of hydrogen-bond acceptors (Lipinski definition) is 4. The molecule has 0 bridgehead atoms. The largest absolute Gasteiger partial charge is 0.340 e. The quantitative estimate of drug-likeness (QED) is 0.906. The van der Waals surface area contributed by atoms with Gasteiger partial charge in [-0.25, -0.2) is 9.97 Å². The van der Waals surface area contributed by atoms with Crippen molar-refractivity contribution in [3.63, 3.8) is 0 Å². The molecule has 0 atom stereocenters. The molecule has 19 heavy (non-hydrogen) atoms. The van der Waals surface area contributed by atoms with Gasteiger partial charge in [-0.15, -0.1) is 0 Å². The summed E-state index contributed by atoms with van der Waals surface area (Å²) in [6, 6.07) is 11.9. The van der Waals surface area contributed by atoms with Gasteiger partial charge >= 0.3 is 0 Å². The average Bonchev–Trinajstić information content (AvgIpc) is 2.40. The molecule has 0 aliphatic heterocycles. The molecule has 0 saturated heterocycles. The summed E-state index contributed by atoms with van der Waals surface area (Å²) in [6.07, 6.45) is 2.23. The van der Waals surface area contributed by atoms with E-state index in [4.69, 9.17) is 5.26 Å². The van der Waals surface area contributed by atoms with Gasteiger partial charge in [-0.05, 0) is 31.0 Å². The van der Waals surface area contributed by atoms with E-state index in [0.717, 1.165) is 18.5 Å². The summed E-state index contributed by atoms with van der Waals surface area (Å²) in [5.41, 5.74) is 2.66. The monoisotopic (exact) mass is 252 g/mol. The zero-order chi connectivity index (χ0) is 13.7. The molecular formula is C15H16N4.